The quantitative estimate of drug-likeness (QED) is 0.560. The van der Waals surface area contributed by atoms with Gasteiger partial charge in [0.15, 0.2) is 23.2 Å². The zero-order valence-corrected chi connectivity index (χ0v) is 15.4. The summed E-state index contributed by atoms with van der Waals surface area (Å²) in [6.45, 7) is 3.30. The molecule has 0 unspecified atom stereocenters. The van der Waals surface area contributed by atoms with Crippen LogP contribution in [0.2, 0.25) is 0 Å². The lowest BCUT2D eigenvalue weighted by atomic mass is 10.0. The lowest BCUT2D eigenvalue weighted by Gasteiger charge is -2.09. The van der Waals surface area contributed by atoms with Gasteiger partial charge in [-0.2, -0.15) is 0 Å². The van der Waals surface area contributed by atoms with Gasteiger partial charge in [-0.3, -0.25) is 14.4 Å². The van der Waals surface area contributed by atoms with Crippen LogP contribution >= 0.6 is 0 Å². The number of hydrogen-bond donors (Lipinski definition) is 2. The molecule has 148 valence electrons. The van der Waals surface area contributed by atoms with E-state index >= 15 is 0 Å². The van der Waals surface area contributed by atoms with E-state index in [1.165, 1.54) is 0 Å². The van der Waals surface area contributed by atoms with Crippen LogP contribution in [-0.4, -0.2) is 24.1 Å². The minimum absolute atomic E-state index is 0.0340. The monoisotopic (exact) mass is 392 g/mol. The molecule has 0 aliphatic heterocycles. The highest BCUT2D eigenvalue weighted by Gasteiger charge is 2.16. The number of rotatable bonds is 7. The fraction of sp³-hybridized carbons (Fsp3) is 0.250. The number of halogens is 3. The topological polar surface area (TPSA) is 75.3 Å². The predicted octanol–water partition coefficient (Wildman–Crippen LogP) is 3.44. The van der Waals surface area contributed by atoms with E-state index in [2.05, 4.69) is 5.32 Å². The maximum atomic E-state index is 13.5. The number of nitrogens with one attached hydrogen (secondary N) is 2. The van der Waals surface area contributed by atoms with Crippen molar-refractivity contribution in [1.82, 2.24) is 5.32 Å². The first-order valence-electron chi connectivity index (χ1n) is 8.49. The Balaban J connectivity index is 1.80. The van der Waals surface area contributed by atoms with E-state index in [1.54, 1.807) is 12.1 Å². The summed E-state index contributed by atoms with van der Waals surface area (Å²) in [6.07, 6.45) is -0.160. The first-order valence-corrected chi connectivity index (χ1v) is 8.49. The molecule has 5 nitrogen and oxygen atoms in total. The molecular formula is C20H19F3N2O3. The normalized spacial score (nSPS) is 10.5. The third-order valence-corrected chi connectivity index (χ3v) is 4.16. The molecule has 0 aromatic heterocycles. The molecule has 0 fully saturated rings. The van der Waals surface area contributed by atoms with Crippen LogP contribution in [0.5, 0.6) is 0 Å². The van der Waals surface area contributed by atoms with Crippen LogP contribution in [0.1, 0.15) is 34.3 Å². The molecule has 28 heavy (non-hydrogen) atoms. The molecule has 2 amide bonds. The Labute approximate surface area is 159 Å². The zero-order chi connectivity index (χ0) is 20.8. The van der Waals surface area contributed by atoms with Gasteiger partial charge in [-0.25, -0.2) is 13.2 Å². The van der Waals surface area contributed by atoms with E-state index in [4.69, 9.17) is 0 Å². The standard InChI is InChI=1S/C20H19F3N2O3/c1-11-3-4-13(9-12(11)2)16(26)7-8-17(27)24-10-18(28)25-15-6-5-14(21)19(22)20(15)23/h3-6,9H,7-8,10H2,1-2H3,(H,24,27)(H,25,28). The van der Waals surface area contributed by atoms with Crippen molar-refractivity contribution >= 4 is 23.3 Å². The predicted molar refractivity (Wildman–Crippen MR) is 97.4 cm³/mol. The maximum absolute atomic E-state index is 13.5. The summed E-state index contributed by atoms with van der Waals surface area (Å²) in [5.41, 5.74) is 1.99. The SMILES string of the molecule is Cc1ccc(C(=O)CCC(=O)NCC(=O)Nc2ccc(F)c(F)c2F)cc1C. The summed E-state index contributed by atoms with van der Waals surface area (Å²) in [4.78, 5) is 35.6. The van der Waals surface area contributed by atoms with Gasteiger partial charge in [0.25, 0.3) is 0 Å². The van der Waals surface area contributed by atoms with E-state index in [0.29, 0.717) is 11.6 Å². The van der Waals surface area contributed by atoms with Crippen molar-refractivity contribution in [3.63, 3.8) is 0 Å². The molecule has 0 atom stereocenters. The third kappa shape index (κ3) is 5.42. The van der Waals surface area contributed by atoms with Gasteiger partial charge in [-0.1, -0.05) is 12.1 Å². The van der Waals surface area contributed by atoms with Crippen LogP contribution in [0, 0.1) is 31.3 Å². The number of Topliss-reactive ketones (excluding diaryl/α,β-unsaturated/α-hetero) is 1. The third-order valence-electron chi connectivity index (χ3n) is 4.16. The fourth-order valence-corrected chi connectivity index (χ4v) is 2.37. The highest BCUT2D eigenvalue weighted by Crippen LogP contribution is 2.19. The van der Waals surface area contributed by atoms with Crippen molar-refractivity contribution in [3.05, 3.63) is 64.5 Å². The average Bonchev–Trinajstić information content (AvgIpc) is 2.67. The minimum atomic E-state index is -1.70. The lowest BCUT2D eigenvalue weighted by Crippen LogP contribution is -2.33. The summed E-state index contributed by atoms with van der Waals surface area (Å²) >= 11 is 0. The lowest BCUT2D eigenvalue weighted by molar-refractivity contribution is -0.124. The first kappa shape index (κ1) is 21.1. The van der Waals surface area contributed by atoms with Crippen LogP contribution in [0.25, 0.3) is 0 Å². The van der Waals surface area contributed by atoms with Gasteiger partial charge in [-0.05, 0) is 43.2 Å². The molecular weight excluding hydrogens is 373 g/mol. The molecule has 2 aromatic carbocycles. The van der Waals surface area contributed by atoms with E-state index in [0.717, 1.165) is 17.2 Å². The Morgan fingerprint density at radius 1 is 0.857 bits per heavy atom. The number of carbonyl (C=O) groups excluding carboxylic acids is 3. The number of ketones is 1. The molecule has 0 aliphatic rings. The molecule has 8 heteroatoms. The van der Waals surface area contributed by atoms with Crippen LogP contribution in [0.4, 0.5) is 18.9 Å². The van der Waals surface area contributed by atoms with Crippen molar-refractivity contribution in [2.24, 2.45) is 0 Å². The summed E-state index contributed by atoms with van der Waals surface area (Å²) in [5, 5.41) is 4.32. The van der Waals surface area contributed by atoms with Gasteiger partial charge in [-0.15, -0.1) is 0 Å². The average molecular weight is 392 g/mol. The van der Waals surface area contributed by atoms with Gasteiger partial charge in [0, 0.05) is 18.4 Å². The number of amides is 2. The molecule has 0 spiro atoms. The number of aryl methyl sites for hydroxylation is 2. The molecule has 2 aromatic rings. The molecule has 0 bridgehead atoms. The van der Waals surface area contributed by atoms with Gasteiger partial charge >= 0.3 is 0 Å². The van der Waals surface area contributed by atoms with Gasteiger partial charge < -0.3 is 10.6 Å². The minimum Gasteiger partial charge on any atom is -0.347 e. The van der Waals surface area contributed by atoms with E-state index in [-0.39, 0.29) is 18.6 Å². The second-order valence-electron chi connectivity index (χ2n) is 6.27. The van der Waals surface area contributed by atoms with Crippen LogP contribution in [0.3, 0.4) is 0 Å². The Morgan fingerprint density at radius 2 is 1.57 bits per heavy atom. The van der Waals surface area contributed by atoms with Crippen molar-refractivity contribution in [1.29, 1.82) is 0 Å². The van der Waals surface area contributed by atoms with Crippen LogP contribution in [0.15, 0.2) is 30.3 Å². The summed E-state index contributed by atoms with van der Waals surface area (Å²) in [5.74, 6) is -6.18. The van der Waals surface area contributed by atoms with Crippen molar-refractivity contribution in [2.75, 3.05) is 11.9 Å². The van der Waals surface area contributed by atoms with Crippen molar-refractivity contribution < 1.29 is 27.6 Å². The molecule has 0 saturated heterocycles. The maximum Gasteiger partial charge on any atom is 0.243 e. The van der Waals surface area contributed by atoms with Gasteiger partial charge in [0.1, 0.15) is 0 Å². The second-order valence-corrected chi connectivity index (χ2v) is 6.27. The Hall–Kier alpha value is -3.16. The largest absolute Gasteiger partial charge is 0.347 e. The molecule has 2 N–H and O–H groups in total. The number of hydrogen-bond acceptors (Lipinski definition) is 3. The summed E-state index contributed by atoms with van der Waals surface area (Å²) in [6, 6.07) is 6.80. The van der Waals surface area contributed by atoms with Gasteiger partial charge in [0.2, 0.25) is 11.8 Å². The van der Waals surface area contributed by atoms with Crippen molar-refractivity contribution in [2.45, 2.75) is 26.7 Å². The molecule has 0 saturated carbocycles. The molecule has 0 heterocycles. The highest BCUT2D eigenvalue weighted by atomic mass is 19.2. The number of benzene rings is 2. The first-order chi connectivity index (χ1) is 13.2. The van der Waals surface area contributed by atoms with Gasteiger partial charge in [0.05, 0.1) is 12.2 Å². The Kier molecular flexibility index (Phi) is 6.92. The van der Waals surface area contributed by atoms with E-state index < -0.39 is 41.5 Å². The second kappa shape index (κ2) is 9.16. The fourth-order valence-electron chi connectivity index (χ4n) is 2.37. The molecule has 2 rings (SSSR count). The molecule has 0 aliphatic carbocycles. The summed E-state index contributed by atoms with van der Waals surface area (Å²) < 4.78 is 39.5. The zero-order valence-electron chi connectivity index (χ0n) is 15.4. The summed E-state index contributed by atoms with van der Waals surface area (Å²) in [7, 11) is 0. The Morgan fingerprint density at radius 3 is 2.25 bits per heavy atom. The van der Waals surface area contributed by atoms with Crippen LogP contribution in [-0.2, 0) is 9.59 Å². The molecule has 0 radical (unpaired) electrons. The van der Waals surface area contributed by atoms with Crippen molar-refractivity contribution in [3.8, 4) is 0 Å². The number of anilines is 1. The Bertz CT molecular complexity index is 929. The van der Waals surface area contributed by atoms with E-state index in [1.807, 2.05) is 25.2 Å². The number of carbonyl (C=O) groups is 3. The van der Waals surface area contributed by atoms with Crippen LogP contribution < -0.4 is 10.6 Å². The van der Waals surface area contributed by atoms with E-state index in [9.17, 15) is 27.6 Å². The highest BCUT2D eigenvalue weighted by molar-refractivity contribution is 5.99. The smallest absolute Gasteiger partial charge is 0.243 e.